The Morgan fingerprint density at radius 2 is 2.28 bits per heavy atom. The Hall–Kier alpha value is -0.210. The lowest BCUT2D eigenvalue weighted by Crippen LogP contribution is -2.34. The molecule has 0 unspecified atom stereocenters. The van der Waals surface area contributed by atoms with Gasteiger partial charge in [0.2, 0.25) is 10.0 Å². The minimum Gasteiger partial charge on any atom is -0.391 e. The summed E-state index contributed by atoms with van der Waals surface area (Å²) in [5.41, 5.74) is 1.22. The lowest BCUT2D eigenvalue weighted by Gasteiger charge is -2.24. The third kappa shape index (κ3) is 2.70. The zero-order chi connectivity index (χ0) is 13.3. The van der Waals surface area contributed by atoms with Crippen LogP contribution in [0, 0.1) is 0 Å². The van der Waals surface area contributed by atoms with E-state index in [0.717, 1.165) is 6.42 Å². The average Bonchev–Trinajstić information content (AvgIpc) is 2.72. The van der Waals surface area contributed by atoms with Crippen molar-refractivity contribution in [2.75, 3.05) is 13.1 Å². The van der Waals surface area contributed by atoms with Crippen LogP contribution in [0.15, 0.2) is 26.4 Å². The monoisotopic (exact) mass is 351 g/mol. The molecular formula is C11H14BrNO3S2. The molecule has 7 heteroatoms. The molecule has 1 aliphatic rings. The Labute approximate surface area is 119 Å². The van der Waals surface area contributed by atoms with E-state index in [1.165, 1.54) is 27.3 Å². The first kappa shape index (κ1) is 14.2. The van der Waals surface area contributed by atoms with E-state index in [0.29, 0.717) is 21.8 Å². The van der Waals surface area contributed by atoms with Gasteiger partial charge in [-0.15, -0.1) is 11.3 Å². The highest BCUT2D eigenvalue weighted by atomic mass is 79.9. The molecule has 1 aliphatic heterocycles. The Morgan fingerprint density at radius 1 is 1.56 bits per heavy atom. The van der Waals surface area contributed by atoms with Crippen molar-refractivity contribution in [3.63, 3.8) is 0 Å². The zero-order valence-electron chi connectivity index (χ0n) is 9.89. The van der Waals surface area contributed by atoms with Crippen LogP contribution in [-0.4, -0.2) is 30.9 Å². The van der Waals surface area contributed by atoms with Gasteiger partial charge in [-0.2, -0.15) is 4.31 Å². The summed E-state index contributed by atoms with van der Waals surface area (Å²) in [7, 11) is -3.46. The highest BCUT2D eigenvalue weighted by Gasteiger charge is 2.28. The number of hydrogen-bond acceptors (Lipinski definition) is 4. The Balaban J connectivity index is 2.33. The molecule has 2 heterocycles. The second kappa shape index (κ2) is 5.42. The maximum Gasteiger partial charge on any atom is 0.245 e. The van der Waals surface area contributed by atoms with Crippen molar-refractivity contribution < 1.29 is 13.5 Å². The van der Waals surface area contributed by atoms with Crippen LogP contribution in [0.2, 0.25) is 0 Å². The zero-order valence-corrected chi connectivity index (χ0v) is 13.1. The van der Waals surface area contributed by atoms with Gasteiger partial charge in [-0.3, -0.25) is 0 Å². The third-order valence-corrected chi connectivity index (χ3v) is 6.98. The molecule has 0 saturated heterocycles. The fourth-order valence-electron chi connectivity index (χ4n) is 1.76. The number of nitrogens with zero attached hydrogens (tertiary/aromatic N) is 1. The molecule has 0 radical (unpaired) electrons. The number of thiophene rings is 1. The van der Waals surface area contributed by atoms with Gasteiger partial charge < -0.3 is 5.11 Å². The molecular weight excluding hydrogens is 338 g/mol. The molecule has 1 aromatic rings. The van der Waals surface area contributed by atoms with Crippen molar-refractivity contribution in [1.29, 1.82) is 0 Å². The SMILES string of the molecule is CC1=CCN(S(=O)(=O)c2cc(CO)sc2Br)CC1. The molecule has 0 fully saturated rings. The quantitative estimate of drug-likeness (QED) is 0.850. The predicted octanol–water partition coefficient (Wildman–Crippen LogP) is 2.34. The van der Waals surface area contributed by atoms with Crippen LogP contribution >= 0.6 is 27.3 Å². The first-order valence-electron chi connectivity index (χ1n) is 5.50. The van der Waals surface area contributed by atoms with Crippen LogP contribution in [0.25, 0.3) is 0 Å². The molecule has 0 atom stereocenters. The molecule has 0 amide bonds. The van der Waals surface area contributed by atoms with Gasteiger partial charge in [0, 0.05) is 18.0 Å². The summed E-state index contributed by atoms with van der Waals surface area (Å²) in [5.74, 6) is 0. The summed E-state index contributed by atoms with van der Waals surface area (Å²) in [5, 5.41) is 9.06. The van der Waals surface area contributed by atoms with Crippen molar-refractivity contribution in [3.05, 3.63) is 26.4 Å². The normalized spacial score (nSPS) is 17.8. The van der Waals surface area contributed by atoms with Gasteiger partial charge >= 0.3 is 0 Å². The molecule has 4 nitrogen and oxygen atoms in total. The molecule has 1 aromatic heterocycles. The van der Waals surface area contributed by atoms with Gasteiger partial charge in [0.05, 0.1) is 10.4 Å². The maximum atomic E-state index is 12.4. The second-order valence-corrected chi connectivity index (χ2v) is 8.53. The van der Waals surface area contributed by atoms with E-state index in [4.69, 9.17) is 5.11 Å². The molecule has 0 spiro atoms. The number of halogens is 1. The fraction of sp³-hybridized carbons (Fsp3) is 0.455. The van der Waals surface area contributed by atoms with Crippen LogP contribution in [0.4, 0.5) is 0 Å². The Morgan fingerprint density at radius 3 is 2.78 bits per heavy atom. The van der Waals surface area contributed by atoms with E-state index in [1.807, 2.05) is 13.0 Å². The topological polar surface area (TPSA) is 57.6 Å². The summed E-state index contributed by atoms with van der Waals surface area (Å²) >= 11 is 4.51. The van der Waals surface area contributed by atoms with Gasteiger partial charge in [-0.05, 0) is 35.3 Å². The first-order valence-corrected chi connectivity index (χ1v) is 8.55. The molecule has 100 valence electrons. The summed E-state index contributed by atoms with van der Waals surface area (Å²) in [6, 6.07) is 1.54. The Bertz CT molecular complexity index is 577. The smallest absolute Gasteiger partial charge is 0.245 e. The molecule has 2 rings (SSSR count). The van der Waals surface area contributed by atoms with E-state index in [9.17, 15) is 8.42 Å². The number of aliphatic hydroxyl groups is 1. The highest BCUT2D eigenvalue weighted by Crippen LogP contribution is 2.34. The lowest BCUT2D eigenvalue weighted by molar-refractivity contribution is 0.285. The minimum absolute atomic E-state index is 0.141. The largest absolute Gasteiger partial charge is 0.391 e. The molecule has 0 saturated carbocycles. The van der Waals surface area contributed by atoms with Crippen molar-refractivity contribution in [1.82, 2.24) is 4.31 Å². The van der Waals surface area contributed by atoms with Crippen molar-refractivity contribution >= 4 is 37.3 Å². The molecule has 0 bridgehead atoms. The van der Waals surface area contributed by atoms with Crippen LogP contribution in [0.3, 0.4) is 0 Å². The van der Waals surface area contributed by atoms with Gasteiger partial charge in [0.25, 0.3) is 0 Å². The lowest BCUT2D eigenvalue weighted by atomic mass is 10.1. The van der Waals surface area contributed by atoms with Crippen LogP contribution in [-0.2, 0) is 16.6 Å². The molecule has 0 aliphatic carbocycles. The summed E-state index contributed by atoms with van der Waals surface area (Å²) in [6.07, 6.45) is 2.71. The molecule has 0 aromatic carbocycles. The van der Waals surface area contributed by atoms with Gasteiger partial charge in [0.1, 0.15) is 4.90 Å². The standard InChI is InChI=1S/C11H14BrNO3S2/c1-8-2-4-13(5-3-8)18(15,16)10-6-9(7-14)17-11(10)12/h2,6,14H,3-5,7H2,1H3. The van der Waals surface area contributed by atoms with Crippen LogP contribution in [0.1, 0.15) is 18.2 Å². The van der Waals surface area contributed by atoms with Gasteiger partial charge in [-0.1, -0.05) is 11.6 Å². The molecule has 1 N–H and O–H groups in total. The summed E-state index contributed by atoms with van der Waals surface area (Å²) in [6.45, 7) is 2.80. The van der Waals surface area contributed by atoms with Gasteiger partial charge in [0.15, 0.2) is 0 Å². The average molecular weight is 352 g/mol. The third-order valence-electron chi connectivity index (χ3n) is 2.88. The van der Waals surface area contributed by atoms with Crippen LogP contribution in [0.5, 0.6) is 0 Å². The number of sulfonamides is 1. The van der Waals surface area contributed by atoms with Crippen molar-refractivity contribution in [2.24, 2.45) is 0 Å². The summed E-state index contributed by atoms with van der Waals surface area (Å²) < 4.78 is 26.9. The van der Waals surface area contributed by atoms with E-state index in [-0.39, 0.29) is 11.5 Å². The van der Waals surface area contributed by atoms with Gasteiger partial charge in [-0.25, -0.2) is 8.42 Å². The molecule has 18 heavy (non-hydrogen) atoms. The predicted molar refractivity (Wildman–Crippen MR) is 75.1 cm³/mol. The number of hydrogen-bond donors (Lipinski definition) is 1. The Kier molecular flexibility index (Phi) is 4.28. The van der Waals surface area contributed by atoms with Crippen LogP contribution < -0.4 is 0 Å². The highest BCUT2D eigenvalue weighted by molar-refractivity contribution is 9.11. The summed E-state index contributed by atoms with van der Waals surface area (Å²) in [4.78, 5) is 0.897. The van der Waals surface area contributed by atoms with E-state index in [1.54, 1.807) is 0 Å². The maximum absolute atomic E-state index is 12.4. The van der Waals surface area contributed by atoms with E-state index in [2.05, 4.69) is 15.9 Å². The van der Waals surface area contributed by atoms with Crippen molar-refractivity contribution in [3.8, 4) is 0 Å². The number of aliphatic hydroxyl groups excluding tert-OH is 1. The second-order valence-electron chi connectivity index (χ2n) is 4.17. The van der Waals surface area contributed by atoms with Crippen molar-refractivity contribution in [2.45, 2.75) is 24.8 Å². The van der Waals surface area contributed by atoms with E-state index >= 15 is 0 Å². The van der Waals surface area contributed by atoms with E-state index < -0.39 is 10.0 Å². The first-order chi connectivity index (χ1) is 8.45. The number of rotatable bonds is 3. The minimum atomic E-state index is -3.46. The fourth-order valence-corrected chi connectivity index (χ4v) is 5.63.